The van der Waals surface area contributed by atoms with E-state index in [9.17, 15) is 24.3 Å². The first kappa shape index (κ1) is 29.9. The molecule has 4 aromatic rings. The normalized spacial score (nSPS) is 20.7. The van der Waals surface area contributed by atoms with Crippen LogP contribution in [0.3, 0.4) is 0 Å². The van der Waals surface area contributed by atoms with Gasteiger partial charge in [-0.05, 0) is 48.5 Å². The van der Waals surface area contributed by atoms with Crippen LogP contribution in [0.15, 0.2) is 98.1 Å². The van der Waals surface area contributed by atoms with Crippen molar-refractivity contribution in [3.05, 3.63) is 120 Å². The molecule has 44 heavy (non-hydrogen) atoms. The van der Waals surface area contributed by atoms with Crippen molar-refractivity contribution in [3.63, 3.8) is 0 Å². The Kier molecular flexibility index (Phi) is 9.22. The largest absolute Gasteiger partial charge is 0.459 e. The number of esters is 4. The number of aromatic nitrogens is 4. The predicted octanol–water partition coefficient (Wildman–Crippen LogP) is 1.82. The van der Waals surface area contributed by atoms with Crippen molar-refractivity contribution in [1.82, 2.24) is 19.9 Å². The van der Waals surface area contributed by atoms with Crippen LogP contribution in [0.5, 0.6) is 0 Å². The summed E-state index contributed by atoms with van der Waals surface area (Å²) in [5, 5.41) is 11.7. The first-order valence-corrected chi connectivity index (χ1v) is 13.1. The maximum atomic E-state index is 13.1. The molecular weight excluding hydrogens is 576 g/mol. The van der Waals surface area contributed by atoms with Crippen molar-refractivity contribution in [3.8, 4) is 0 Å². The Bertz CT molecular complexity index is 1600. The number of carbonyl (C=O) groups is 4. The lowest BCUT2D eigenvalue weighted by Crippen LogP contribution is -2.51. The third-order valence-electron chi connectivity index (χ3n) is 6.32. The van der Waals surface area contributed by atoms with E-state index in [0.717, 1.165) is 0 Å². The van der Waals surface area contributed by atoms with Gasteiger partial charge in [-0.15, -0.1) is 0 Å². The SMILES string of the molecule is O=C(OC[C@H]1O[C@@](O)(COC(=O)c2cccnc2)[C@@H](OC(=O)c2cccnc2)[C@H]1OC(=O)c1cccnc1)c1cccnc1. The standard InChI is InChI=1S/C30H24N4O10/c35-26(19-5-1-9-31-13-19)40-17-23-24(42-28(37)21-7-3-11-33-15-21)25(43-29(38)22-8-4-12-34-16-22)30(39,44-23)18-41-27(36)20-6-2-10-32-14-20/h1-16,23-25,39H,17-18H2/t23-,24+,25+,30+/m1/s1. The number of nitrogens with zero attached hydrogens (tertiary/aromatic N) is 4. The van der Waals surface area contributed by atoms with Gasteiger partial charge >= 0.3 is 23.9 Å². The maximum Gasteiger partial charge on any atom is 0.340 e. The lowest BCUT2D eigenvalue weighted by Gasteiger charge is -2.29. The molecule has 1 fully saturated rings. The summed E-state index contributed by atoms with van der Waals surface area (Å²) in [6, 6.07) is 11.8. The molecule has 0 bridgehead atoms. The summed E-state index contributed by atoms with van der Waals surface area (Å²) in [6.45, 7) is -1.45. The van der Waals surface area contributed by atoms with Crippen LogP contribution in [0, 0.1) is 0 Å². The van der Waals surface area contributed by atoms with Gasteiger partial charge in [0, 0.05) is 49.6 Å². The quantitative estimate of drug-likeness (QED) is 0.205. The zero-order valence-corrected chi connectivity index (χ0v) is 22.8. The summed E-state index contributed by atoms with van der Waals surface area (Å²) in [5.74, 6) is -6.10. The average Bonchev–Trinajstić information content (AvgIpc) is 3.33. The smallest absolute Gasteiger partial charge is 0.340 e. The molecule has 1 aliphatic rings. The molecule has 224 valence electrons. The number of hydrogen-bond donors (Lipinski definition) is 1. The fraction of sp³-hybridized carbons (Fsp3) is 0.200. The Balaban J connectivity index is 1.44. The lowest BCUT2D eigenvalue weighted by atomic mass is 10.0. The number of pyridine rings is 4. The van der Waals surface area contributed by atoms with Crippen LogP contribution in [0.4, 0.5) is 0 Å². The Labute approximate surface area is 249 Å². The Morgan fingerprint density at radius 2 is 1.09 bits per heavy atom. The van der Waals surface area contributed by atoms with Crippen LogP contribution in [0.1, 0.15) is 41.4 Å². The van der Waals surface area contributed by atoms with Gasteiger partial charge in [-0.25, -0.2) is 19.2 Å². The molecule has 1 N–H and O–H groups in total. The zero-order chi connectivity index (χ0) is 30.9. The monoisotopic (exact) mass is 600 g/mol. The Morgan fingerprint density at radius 1 is 0.659 bits per heavy atom. The van der Waals surface area contributed by atoms with E-state index in [1.54, 1.807) is 0 Å². The Morgan fingerprint density at radius 3 is 1.55 bits per heavy atom. The van der Waals surface area contributed by atoms with E-state index in [-0.39, 0.29) is 22.3 Å². The van der Waals surface area contributed by atoms with Crippen molar-refractivity contribution in [2.24, 2.45) is 0 Å². The molecule has 14 heteroatoms. The molecule has 4 aromatic heterocycles. The number of ether oxygens (including phenoxy) is 5. The van der Waals surface area contributed by atoms with E-state index >= 15 is 0 Å². The second-order valence-corrected chi connectivity index (χ2v) is 9.34. The lowest BCUT2D eigenvalue weighted by molar-refractivity contribution is -0.247. The van der Waals surface area contributed by atoms with E-state index in [4.69, 9.17) is 23.7 Å². The van der Waals surface area contributed by atoms with Crippen molar-refractivity contribution in [2.45, 2.75) is 24.1 Å². The van der Waals surface area contributed by atoms with E-state index < -0.39 is 61.2 Å². The summed E-state index contributed by atoms with van der Waals surface area (Å²) in [7, 11) is 0. The topological polar surface area (TPSA) is 186 Å². The van der Waals surface area contributed by atoms with Gasteiger partial charge in [-0.1, -0.05) is 0 Å². The van der Waals surface area contributed by atoms with Gasteiger partial charge in [0.2, 0.25) is 5.79 Å². The molecule has 0 aliphatic carbocycles. The first-order chi connectivity index (χ1) is 21.3. The summed E-state index contributed by atoms with van der Waals surface area (Å²) < 4.78 is 27.8. The molecule has 0 unspecified atom stereocenters. The minimum atomic E-state index is -2.57. The van der Waals surface area contributed by atoms with Gasteiger partial charge in [0.05, 0.1) is 22.3 Å². The molecule has 4 atom stereocenters. The van der Waals surface area contributed by atoms with Crippen LogP contribution >= 0.6 is 0 Å². The second kappa shape index (κ2) is 13.6. The van der Waals surface area contributed by atoms with E-state index in [0.29, 0.717) is 0 Å². The highest BCUT2D eigenvalue weighted by atomic mass is 16.7. The molecule has 0 saturated carbocycles. The van der Waals surface area contributed by atoms with Crippen LogP contribution in [0.2, 0.25) is 0 Å². The van der Waals surface area contributed by atoms with E-state index in [2.05, 4.69) is 19.9 Å². The molecule has 0 radical (unpaired) electrons. The van der Waals surface area contributed by atoms with Gasteiger partial charge in [-0.3, -0.25) is 19.9 Å². The van der Waals surface area contributed by atoms with Crippen molar-refractivity contribution in [1.29, 1.82) is 0 Å². The van der Waals surface area contributed by atoms with Gasteiger partial charge in [0.15, 0.2) is 12.2 Å². The van der Waals surface area contributed by atoms with Crippen LogP contribution < -0.4 is 0 Å². The van der Waals surface area contributed by atoms with Crippen LogP contribution in [-0.4, -0.2) is 86.2 Å². The Hall–Kier alpha value is -5.60. The third kappa shape index (κ3) is 7.06. The first-order valence-electron chi connectivity index (χ1n) is 13.1. The highest BCUT2D eigenvalue weighted by molar-refractivity contribution is 5.91. The van der Waals surface area contributed by atoms with Gasteiger partial charge < -0.3 is 28.8 Å². The second-order valence-electron chi connectivity index (χ2n) is 9.34. The minimum absolute atomic E-state index is 0.00555. The summed E-state index contributed by atoms with van der Waals surface area (Å²) in [6.07, 6.45) is 6.08. The summed E-state index contributed by atoms with van der Waals surface area (Å²) >= 11 is 0. The highest BCUT2D eigenvalue weighted by Gasteiger charge is 2.60. The van der Waals surface area contributed by atoms with Crippen molar-refractivity contribution >= 4 is 23.9 Å². The molecule has 0 amide bonds. The van der Waals surface area contributed by atoms with E-state index in [1.807, 2.05) is 0 Å². The predicted molar refractivity (Wildman–Crippen MR) is 146 cm³/mol. The van der Waals surface area contributed by atoms with Gasteiger partial charge in [-0.2, -0.15) is 0 Å². The van der Waals surface area contributed by atoms with E-state index in [1.165, 1.54) is 98.1 Å². The van der Waals surface area contributed by atoms with Gasteiger partial charge in [0.25, 0.3) is 0 Å². The third-order valence-corrected chi connectivity index (χ3v) is 6.32. The molecule has 5 rings (SSSR count). The molecule has 14 nitrogen and oxygen atoms in total. The number of carbonyl (C=O) groups excluding carboxylic acids is 4. The molecule has 0 spiro atoms. The highest BCUT2D eigenvalue weighted by Crippen LogP contribution is 2.36. The zero-order valence-electron chi connectivity index (χ0n) is 22.8. The minimum Gasteiger partial charge on any atom is -0.459 e. The molecule has 1 saturated heterocycles. The van der Waals surface area contributed by atoms with Crippen molar-refractivity contribution in [2.75, 3.05) is 13.2 Å². The molecular formula is C30H24N4O10. The maximum absolute atomic E-state index is 13.1. The molecule has 1 aliphatic heterocycles. The number of hydrogen-bond acceptors (Lipinski definition) is 14. The van der Waals surface area contributed by atoms with Crippen LogP contribution in [-0.2, 0) is 23.7 Å². The fourth-order valence-electron chi connectivity index (χ4n) is 4.19. The molecule has 5 heterocycles. The number of aliphatic hydroxyl groups is 1. The summed E-state index contributed by atoms with van der Waals surface area (Å²) in [4.78, 5) is 67.1. The average molecular weight is 601 g/mol. The van der Waals surface area contributed by atoms with Gasteiger partial charge in [0.1, 0.15) is 19.3 Å². The fourth-order valence-corrected chi connectivity index (χ4v) is 4.19. The molecule has 0 aromatic carbocycles. The van der Waals surface area contributed by atoms with Crippen molar-refractivity contribution < 1.29 is 48.0 Å². The van der Waals surface area contributed by atoms with Crippen LogP contribution in [0.25, 0.3) is 0 Å². The summed E-state index contributed by atoms with van der Waals surface area (Å²) in [5.41, 5.74) is 0.231. The number of rotatable bonds is 10.